The van der Waals surface area contributed by atoms with Crippen LogP contribution in [0.3, 0.4) is 0 Å². The molecule has 8 nitrogen and oxygen atoms in total. The molecular weight excluding hydrogens is 520 g/mol. The second-order valence-corrected chi connectivity index (χ2v) is 9.13. The largest absolute Gasteiger partial charge is 0.192 e. The number of benzene rings is 4. The first-order chi connectivity index (χ1) is 20.4. The van der Waals surface area contributed by atoms with Gasteiger partial charge >= 0.3 is 0 Å². The minimum atomic E-state index is -0.209. The van der Waals surface area contributed by atoms with Gasteiger partial charge in [-0.3, -0.25) is 0 Å². The van der Waals surface area contributed by atoms with Crippen molar-refractivity contribution in [3.05, 3.63) is 111 Å². The number of hydrogen-bond acceptors (Lipinski definition) is 8. The highest BCUT2D eigenvalue weighted by Crippen LogP contribution is 2.50. The van der Waals surface area contributed by atoms with E-state index in [0.717, 1.165) is 0 Å². The average molecular weight is 531 g/mol. The topological polar surface area (TPSA) is 190 Å². The minimum Gasteiger partial charge on any atom is -0.192 e. The van der Waals surface area contributed by atoms with Crippen molar-refractivity contribution in [2.45, 2.75) is 0 Å². The molecule has 0 saturated carbocycles. The molecule has 0 N–H and O–H groups in total. The van der Waals surface area contributed by atoms with Crippen LogP contribution in [0.4, 0.5) is 0 Å². The first-order valence-electron chi connectivity index (χ1n) is 12.1. The van der Waals surface area contributed by atoms with Gasteiger partial charge in [-0.15, -0.1) is 0 Å². The maximum absolute atomic E-state index is 10.1. The van der Waals surface area contributed by atoms with Crippen molar-refractivity contribution in [2.24, 2.45) is 0 Å². The molecule has 5 rings (SSSR count). The lowest BCUT2D eigenvalue weighted by Gasteiger charge is -2.11. The van der Waals surface area contributed by atoms with E-state index in [0.29, 0.717) is 44.5 Å². The molecule has 1 aliphatic carbocycles. The van der Waals surface area contributed by atoms with E-state index in [1.807, 2.05) is 36.4 Å². The van der Waals surface area contributed by atoms with Gasteiger partial charge in [0.1, 0.15) is 17.7 Å². The Balaban J connectivity index is 1.90. The Morgan fingerprint density at radius 3 is 1.00 bits per heavy atom. The minimum absolute atomic E-state index is 0.189. The third-order valence-corrected chi connectivity index (χ3v) is 6.86. The average Bonchev–Trinajstić information content (AvgIpc) is 3.35. The van der Waals surface area contributed by atoms with Crippen molar-refractivity contribution in [2.75, 3.05) is 0 Å². The molecule has 0 heterocycles. The third-order valence-electron chi connectivity index (χ3n) is 6.86. The molecule has 0 radical (unpaired) electrons. The Morgan fingerprint density at radius 2 is 0.714 bits per heavy atom. The van der Waals surface area contributed by atoms with Crippen molar-refractivity contribution in [1.29, 1.82) is 42.1 Å². The summed E-state index contributed by atoms with van der Waals surface area (Å²) in [6.45, 7) is 0. The summed E-state index contributed by atoms with van der Waals surface area (Å²) in [6.07, 6.45) is 0. The maximum atomic E-state index is 10.1. The molecule has 0 aliphatic heterocycles. The van der Waals surface area contributed by atoms with Crippen molar-refractivity contribution in [1.82, 2.24) is 0 Å². The normalized spacial score (nSPS) is 10.1. The second kappa shape index (κ2) is 10.4. The first-order valence-corrected chi connectivity index (χ1v) is 12.1. The van der Waals surface area contributed by atoms with Crippen LogP contribution in [0.5, 0.6) is 0 Å². The number of nitrogens with zero attached hydrogens (tertiary/aromatic N) is 8. The predicted molar refractivity (Wildman–Crippen MR) is 148 cm³/mol. The van der Waals surface area contributed by atoms with E-state index in [4.69, 9.17) is 0 Å². The van der Waals surface area contributed by atoms with Gasteiger partial charge in [0.2, 0.25) is 0 Å². The lowest BCUT2D eigenvalue weighted by atomic mass is 9.90. The van der Waals surface area contributed by atoms with E-state index in [9.17, 15) is 42.1 Å². The summed E-state index contributed by atoms with van der Waals surface area (Å²) in [7, 11) is 0. The Bertz CT molecular complexity index is 2060. The molecule has 42 heavy (non-hydrogen) atoms. The van der Waals surface area contributed by atoms with Crippen LogP contribution in [0.25, 0.3) is 39.0 Å². The van der Waals surface area contributed by atoms with Crippen LogP contribution in [-0.2, 0) is 0 Å². The summed E-state index contributed by atoms with van der Waals surface area (Å²) in [5.41, 5.74) is 5.12. The summed E-state index contributed by atoms with van der Waals surface area (Å²) in [4.78, 5) is 0. The molecule has 0 unspecified atom stereocenters. The van der Waals surface area contributed by atoms with Gasteiger partial charge < -0.3 is 0 Å². The lowest BCUT2D eigenvalue weighted by Crippen LogP contribution is -1.93. The molecule has 0 saturated heterocycles. The molecular formula is C34H10N8. The number of fused-ring (bicyclic) bond motifs is 3. The molecule has 0 atom stereocenters. The molecule has 0 bridgehead atoms. The molecule has 0 spiro atoms. The van der Waals surface area contributed by atoms with Gasteiger partial charge in [0.05, 0.1) is 69.8 Å². The summed E-state index contributed by atoms with van der Waals surface area (Å²) in [5, 5.41) is 77.7. The third kappa shape index (κ3) is 4.13. The Hall–Kier alpha value is -7.46. The smallest absolute Gasteiger partial charge is 0.138 e. The van der Waals surface area contributed by atoms with Gasteiger partial charge in [-0.1, -0.05) is 0 Å². The van der Waals surface area contributed by atoms with Crippen LogP contribution in [0.2, 0.25) is 0 Å². The van der Waals surface area contributed by atoms with Crippen molar-refractivity contribution >= 4 is 5.57 Å². The first kappa shape index (κ1) is 26.2. The highest BCUT2D eigenvalue weighted by atomic mass is 14.4. The predicted octanol–water partition coefficient (Wildman–Crippen LogP) is 6.08. The van der Waals surface area contributed by atoms with Crippen LogP contribution in [0, 0.1) is 90.6 Å². The molecule has 4 aromatic carbocycles. The van der Waals surface area contributed by atoms with Crippen LogP contribution in [0.15, 0.2) is 66.2 Å². The number of rotatable bonds is 2. The molecule has 0 amide bonds. The summed E-state index contributed by atoms with van der Waals surface area (Å²) < 4.78 is 0. The van der Waals surface area contributed by atoms with Gasteiger partial charge in [0.15, 0.2) is 0 Å². The lowest BCUT2D eigenvalue weighted by molar-refractivity contribution is 1.43. The van der Waals surface area contributed by atoms with Crippen molar-refractivity contribution in [3.8, 4) is 81.9 Å². The highest BCUT2D eigenvalue weighted by molar-refractivity contribution is 6.07. The van der Waals surface area contributed by atoms with Gasteiger partial charge in [-0.25, -0.2) is 0 Å². The zero-order valence-corrected chi connectivity index (χ0v) is 21.4. The van der Waals surface area contributed by atoms with Gasteiger partial charge in [-0.2, -0.15) is 42.1 Å². The molecule has 0 fully saturated rings. The Labute approximate surface area is 240 Å². The van der Waals surface area contributed by atoms with Crippen molar-refractivity contribution < 1.29 is 0 Å². The molecule has 186 valence electrons. The van der Waals surface area contributed by atoms with Crippen LogP contribution >= 0.6 is 0 Å². The molecule has 0 aromatic heterocycles. The quantitative estimate of drug-likeness (QED) is 0.245. The summed E-state index contributed by atoms with van der Waals surface area (Å²) >= 11 is 0. The van der Waals surface area contributed by atoms with E-state index in [2.05, 4.69) is 12.1 Å². The maximum Gasteiger partial charge on any atom is 0.138 e. The van der Waals surface area contributed by atoms with E-state index in [-0.39, 0.29) is 44.5 Å². The van der Waals surface area contributed by atoms with Gasteiger partial charge in [0.25, 0.3) is 0 Å². The van der Waals surface area contributed by atoms with E-state index in [1.54, 1.807) is 48.5 Å². The second-order valence-electron chi connectivity index (χ2n) is 9.13. The van der Waals surface area contributed by atoms with E-state index in [1.165, 1.54) is 12.1 Å². The fraction of sp³-hybridized carbons (Fsp3) is 0. The fourth-order valence-electron chi connectivity index (χ4n) is 5.10. The zero-order chi connectivity index (χ0) is 30.0. The van der Waals surface area contributed by atoms with Gasteiger partial charge in [-0.05, 0) is 94.0 Å². The standard InChI is InChI=1S/C34H10N8/c35-11-19-1-20(12-36)4-23(3-19)28-9-30-31-10-29(24-5-21(13-37)2-22(6-24)14-38)26(16-40)8-33(31)34(27(17-41)18-42)32(30)7-25(28)15-39/h1-10H. The molecule has 1 aliphatic rings. The Kier molecular flexibility index (Phi) is 6.45. The number of allylic oxidation sites excluding steroid dienone is 1. The zero-order valence-electron chi connectivity index (χ0n) is 21.4. The fourth-order valence-corrected chi connectivity index (χ4v) is 5.10. The molecule has 4 aromatic rings. The number of hydrogen-bond donors (Lipinski definition) is 0. The molecule has 8 heteroatoms. The summed E-state index contributed by atoms with van der Waals surface area (Å²) in [6, 6.07) is 31.8. The Morgan fingerprint density at radius 1 is 0.357 bits per heavy atom. The summed E-state index contributed by atoms with van der Waals surface area (Å²) in [5.74, 6) is 0. The van der Waals surface area contributed by atoms with Crippen LogP contribution in [-0.4, -0.2) is 0 Å². The van der Waals surface area contributed by atoms with E-state index >= 15 is 0 Å². The van der Waals surface area contributed by atoms with Crippen LogP contribution in [0.1, 0.15) is 44.5 Å². The SMILES string of the molecule is N#CC(C#N)=C1c2cc(C#N)c(-c3cc(C#N)cc(C#N)c3)cc2-c2cc(-c3cc(C#N)cc(C#N)c3)c(C#N)cc21. The van der Waals surface area contributed by atoms with Crippen molar-refractivity contribution in [3.63, 3.8) is 0 Å². The van der Waals surface area contributed by atoms with E-state index < -0.39 is 0 Å². The number of nitriles is 8. The van der Waals surface area contributed by atoms with Crippen LogP contribution < -0.4 is 0 Å². The highest BCUT2D eigenvalue weighted by Gasteiger charge is 2.30. The monoisotopic (exact) mass is 530 g/mol. The van der Waals surface area contributed by atoms with Gasteiger partial charge in [0, 0.05) is 16.7 Å².